The van der Waals surface area contributed by atoms with Gasteiger partial charge in [-0.15, -0.1) is 11.3 Å². The average molecular weight is 385 g/mol. The number of anilines is 2. The summed E-state index contributed by atoms with van der Waals surface area (Å²) in [6.07, 6.45) is 3.53. The predicted octanol–water partition coefficient (Wildman–Crippen LogP) is 4.25. The smallest absolute Gasteiger partial charge is 0.267 e. The SMILES string of the molecule is O=C(/C=C/c1ccc2c(c1)Cc1sc(Nc3ccc(F)cc3F)nc1-2)NO. The van der Waals surface area contributed by atoms with Gasteiger partial charge in [-0.3, -0.25) is 10.0 Å². The highest BCUT2D eigenvalue weighted by Gasteiger charge is 2.23. The molecular weight excluding hydrogens is 372 g/mol. The number of amides is 1. The molecule has 1 aromatic heterocycles. The molecule has 1 aliphatic rings. The largest absolute Gasteiger partial charge is 0.329 e. The van der Waals surface area contributed by atoms with E-state index in [4.69, 9.17) is 5.21 Å². The third-order valence-corrected chi connectivity index (χ3v) is 5.11. The number of thiazole rings is 1. The number of nitrogens with one attached hydrogen (secondary N) is 2. The highest BCUT2D eigenvalue weighted by Crippen LogP contribution is 2.42. The molecule has 0 atom stereocenters. The number of carbonyl (C=O) groups excluding carboxylic acids is 1. The molecule has 2 aromatic carbocycles. The molecule has 5 nitrogen and oxygen atoms in total. The van der Waals surface area contributed by atoms with Gasteiger partial charge in [0.05, 0.1) is 11.4 Å². The molecular formula is C19H13F2N3O2S. The third-order valence-electron chi connectivity index (χ3n) is 4.14. The summed E-state index contributed by atoms with van der Waals surface area (Å²) < 4.78 is 26.8. The summed E-state index contributed by atoms with van der Waals surface area (Å²) in [6, 6.07) is 9.07. The Hall–Kier alpha value is -3.10. The van der Waals surface area contributed by atoms with Gasteiger partial charge in [0.15, 0.2) is 5.13 Å². The van der Waals surface area contributed by atoms with Crippen LogP contribution in [-0.4, -0.2) is 16.1 Å². The van der Waals surface area contributed by atoms with Gasteiger partial charge in [0.2, 0.25) is 0 Å². The number of hydroxylamine groups is 1. The fraction of sp³-hybridized carbons (Fsp3) is 0.0526. The van der Waals surface area contributed by atoms with E-state index >= 15 is 0 Å². The number of halogens is 2. The van der Waals surface area contributed by atoms with Crippen molar-refractivity contribution in [2.45, 2.75) is 6.42 Å². The van der Waals surface area contributed by atoms with Gasteiger partial charge in [-0.25, -0.2) is 19.2 Å². The molecule has 4 rings (SSSR count). The highest BCUT2D eigenvalue weighted by atomic mass is 32.1. The van der Waals surface area contributed by atoms with E-state index in [-0.39, 0.29) is 5.69 Å². The zero-order chi connectivity index (χ0) is 19.0. The topological polar surface area (TPSA) is 74.2 Å². The van der Waals surface area contributed by atoms with Gasteiger partial charge >= 0.3 is 0 Å². The monoisotopic (exact) mass is 385 g/mol. The first-order valence-electron chi connectivity index (χ1n) is 8.01. The maximum atomic E-state index is 13.8. The lowest BCUT2D eigenvalue weighted by atomic mass is 10.1. The predicted molar refractivity (Wildman–Crippen MR) is 99.0 cm³/mol. The Morgan fingerprint density at radius 1 is 1.22 bits per heavy atom. The summed E-state index contributed by atoms with van der Waals surface area (Å²) in [5.74, 6) is -1.90. The van der Waals surface area contributed by atoms with E-state index in [9.17, 15) is 13.6 Å². The molecule has 1 aliphatic carbocycles. The second-order valence-corrected chi connectivity index (χ2v) is 7.03. The number of fused-ring (bicyclic) bond motifs is 3. The molecule has 27 heavy (non-hydrogen) atoms. The molecule has 0 fully saturated rings. The number of benzene rings is 2. The van der Waals surface area contributed by atoms with Crippen molar-refractivity contribution in [3.05, 3.63) is 70.1 Å². The fourth-order valence-corrected chi connectivity index (χ4v) is 3.93. The van der Waals surface area contributed by atoms with Crippen molar-refractivity contribution in [1.29, 1.82) is 0 Å². The molecule has 0 saturated carbocycles. The summed E-state index contributed by atoms with van der Waals surface area (Å²) in [7, 11) is 0. The van der Waals surface area contributed by atoms with Crippen molar-refractivity contribution in [2.24, 2.45) is 0 Å². The number of nitrogens with zero attached hydrogens (tertiary/aromatic N) is 1. The summed E-state index contributed by atoms with van der Waals surface area (Å²) >= 11 is 1.42. The molecule has 0 unspecified atom stereocenters. The summed E-state index contributed by atoms with van der Waals surface area (Å²) in [6.45, 7) is 0. The molecule has 0 bridgehead atoms. The minimum absolute atomic E-state index is 0.173. The molecule has 8 heteroatoms. The number of rotatable bonds is 4. The van der Waals surface area contributed by atoms with E-state index in [0.717, 1.165) is 33.3 Å². The van der Waals surface area contributed by atoms with Gasteiger partial charge < -0.3 is 5.32 Å². The Kier molecular flexibility index (Phi) is 4.43. The first kappa shape index (κ1) is 17.3. The van der Waals surface area contributed by atoms with Gasteiger partial charge in [-0.1, -0.05) is 18.2 Å². The molecule has 3 aromatic rings. The van der Waals surface area contributed by atoms with Crippen LogP contribution < -0.4 is 10.8 Å². The van der Waals surface area contributed by atoms with Crippen LogP contribution in [0.4, 0.5) is 19.6 Å². The quantitative estimate of drug-likeness (QED) is 0.279. The van der Waals surface area contributed by atoms with Crippen molar-refractivity contribution in [3.63, 3.8) is 0 Å². The Morgan fingerprint density at radius 2 is 2.07 bits per heavy atom. The molecule has 0 saturated heterocycles. The van der Waals surface area contributed by atoms with Crippen LogP contribution in [0.2, 0.25) is 0 Å². The maximum Gasteiger partial charge on any atom is 0.267 e. The minimum Gasteiger partial charge on any atom is -0.329 e. The van der Waals surface area contributed by atoms with Gasteiger partial charge in [0.1, 0.15) is 11.6 Å². The highest BCUT2D eigenvalue weighted by molar-refractivity contribution is 7.16. The van der Waals surface area contributed by atoms with Crippen molar-refractivity contribution in [2.75, 3.05) is 5.32 Å². The lowest BCUT2D eigenvalue weighted by Crippen LogP contribution is -2.14. The summed E-state index contributed by atoms with van der Waals surface area (Å²) in [5, 5.41) is 12.0. The van der Waals surface area contributed by atoms with E-state index in [2.05, 4.69) is 10.3 Å². The van der Waals surface area contributed by atoms with Crippen molar-refractivity contribution in [3.8, 4) is 11.3 Å². The molecule has 0 aliphatic heterocycles. The zero-order valence-electron chi connectivity index (χ0n) is 13.8. The Bertz CT molecular complexity index is 1080. The third kappa shape index (κ3) is 3.44. The van der Waals surface area contributed by atoms with E-state index in [1.54, 1.807) is 11.6 Å². The van der Waals surface area contributed by atoms with E-state index < -0.39 is 17.5 Å². The van der Waals surface area contributed by atoms with Crippen LogP contribution in [0.15, 0.2) is 42.5 Å². The average Bonchev–Trinajstić information content (AvgIpc) is 3.18. The normalized spacial score (nSPS) is 12.1. The van der Waals surface area contributed by atoms with E-state index in [1.807, 2.05) is 18.2 Å². The Balaban J connectivity index is 1.57. The van der Waals surface area contributed by atoms with Crippen molar-refractivity contribution < 1.29 is 18.8 Å². The minimum atomic E-state index is -0.672. The number of hydrogen-bond acceptors (Lipinski definition) is 5. The molecule has 3 N–H and O–H groups in total. The summed E-state index contributed by atoms with van der Waals surface area (Å²) in [5.41, 5.74) is 5.45. The second kappa shape index (κ2) is 6.90. The van der Waals surface area contributed by atoms with Crippen LogP contribution in [0.1, 0.15) is 16.0 Å². The molecule has 136 valence electrons. The Labute approximate surface area is 157 Å². The van der Waals surface area contributed by atoms with E-state index in [1.165, 1.54) is 29.5 Å². The van der Waals surface area contributed by atoms with Crippen LogP contribution in [0.5, 0.6) is 0 Å². The first-order chi connectivity index (χ1) is 13.0. The molecule has 0 radical (unpaired) electrons. The van der Waals surface area contributed by atoms with Crippen LogP contribution >= 0.6 is 11.3 Å². The van der Waals surface area contributed by atoms with Gasteiger partial charge in [0.25, 0.3) is 5.91 Å². The van der Waals surface area contributed by atoms with Gasteiger partial charge in [-0.05, 0) is 29.3 Å². The van der Waals surface area contributed by atoms with Crippen LogP contribution in [0.25, 0.3) is 17.3 Å². The van der Waals surface area contributed by atoms with Crippen LogP contribution in [0.3, 0.4) is 0 Å². The van der Waals surface area contributed by atoms with E-state index in [0.29, 0.717) is 11.6 Å². The number of hydrogen-bond donors (Lipinski definition) is 3. The zero-order valence-corrected chi connectivity index (χ0v) is 14.6. The summed E-state index contributed by atoms with van der Waals surface area (Å²) in [4.78, 5) is 16.7. The maximum absolute atomic E-state index is 13.8. The first-order valence-corrected chi connectivity index (χ1v) is 8.82. The van der Waals surface area contributed by atoms with Crippen molar-refractivity contribution >= 4 is 34.1 Å². The van der Waals surface area contributed by atoms with Crippen LogP contribution in [-0.2, 0) is 11.2 Å². The number of carbonyl (C=O) groups is 1. The molecule has 0 spiro atoms. The Morgan fingerprint density at radius 3 is 2.85 bits per heavy atom. The standard InChI is InChI=1S/C19H13F2N3O2S/c20-12-3-5-15(14(21)9-12)22-19-23-18-13-4-1-10(2-6-17(25)24-26)7-11(13)8-16(18)27-19/h1-7,9,26H,8H2,(H,22,23)(H,24,25)/b6-2+. The lowest BCUT2D eigenvalue weighted by Gasteiger charge is -2.05. The van der Waals surface area contributed by atoms with Gasteiger partial charge in [0, 0.05) is 29.0 Å². The van der Waals surface area contributed by atoms with Gasteiger partial charge in [-0.2, -0.15) is 0 Å². The molecule has 1 amide bonds. The second-order valence-electron chi connectivity index (χ2n) is 5.94. The van der Waals surface area contributed by atoms with Crippen molar-refractivity contribution in [1.82, 2.24) is 10.5 Å². The molecule has 1 heterocycles. The number of aromatic nitrogens is 1. The fourth-order valence-electron chi connectivity index (χ4n) is 2.92. The van der Waals surface area contributed by atoms with Crippen LogP contribution in [0, 0.1) is 11.6 Å². The lowest BCUT2D eigenvalue weighted by molar-refractivity contribution is -0.124.